The number of para-hydroxylation sites is 1. The number of hydrogen-bond donors (Lipinski definition) is 1. The van der Waals surface area contributed by atoms with Crippen molar-refractivity contribution in [2.45, 2.75) is 33.1 Å². The summed E-state index contributed by atoms with van der Waals surface area (Å²) in [6.07, 6.45) is 3.86. The van der Waals surface area contributed by atoms with E-state index >= 15 is 0 Å². The minimum Gasteiger partial charge on any atom is -0.492 e. The average molecular weight is 236 g/mol. The zero-order chi connectivity index (χ0) is 11.6. The number of aryl methyl sites for hydroxylation is 2. The quantitative estimate of drug-likeness (QED) is 0.783. The lowest BCUT2D eigenvalue weighted by Gasteiger charge is -2.40. The second-order valence-electron chi connectivity index (χ2n) is 5.02. The van der Waals surface area contributed by atoms with Gasteiger partial charge in [0.15, 0.2) is 0 Å². The largest absolute Gasteiger partial charge is 0.492 e. The van der Waals surface area contributed by atoms with Gasteiger partial charge in [-0.2, -0.15) is 12.6 Å². The van der Waals surface area contributed by atoms with Crippen molar-refractivity contribution in [3.05, 3.63) is 29.3 Å². The van der Waals surface area contributed by atoms with Gasteiger partial charge in [-0.05, 0) is 43.6 Å². The molecule has 1 nitrogen and oxygen atoms in total. The van der Waals surface area contributed by atoms with Crippen LogP contribution in [0.25, 0.3) is 0 Å². The molecule has 0 heterocycles. The highest BCUT2D eigenvalue weighted by molar-refractivity contribution is 7.80. The van der Waals surface area contributed by atoms with Crippen molar-refractivity contribution < 1.29 is 4.74 Å². The molecular weight excluding hydrogens is 216 g/mol. The first-order chi connectivity index (χ1) is 7.67. The predicted octanol–water partition coefficient (Wildman–Crippen LogP) is 3.78. The van der Waals surface area contributed by atoms with E-state index in [0.29, 0.717) is 5.41 Å². The number of benzene rings is 1. The number of rotatable bonds is 4. The molecule has 16 heavy (non-hydrogen) atoms. The van der Waals surface area contributed by atoms with Crippen LogP contribution in [0.4, 0.5) is 0 Å². The molecule has 0 bridgehead atoms. The van der Waals surface area contributed by atoms with Gasteiger partial charge in [0.1, 0.15) is 5.75 Å². The fourth-order valence-electron chi connectivity index (χ4n) is 2.28. The molecule has 0 spiro atoms. The second kappa shape index (κ2) is 4.70. The molecule has 0 saturated heterocycles. The van der Waals surface area contributed by atoms with Crippen LogP contribution < -0.4 is 4.74 Å². The molecule has 0 aromatic heterocycles. The molecule has 0 N–H and O–H groups in total. The normalized spacial score (nSPS) is 17.9. The Labute approximate surface area is 104 Å². The highest BCUT2D eigenvalue weighted by atomic mass is 32.1. The Bertz CT molecular complexity index is 343. The van der Waals surface area contributed by atoms with Gasteiger partial charge in [-0.25, -0.2) is 0 Å². The van der Waals surface area contributed by atoms with E-state index in [2.05, 4.69) is 44.7 Å². The van der Waals surface area contributed by atoms with E-state index in [1.54, 1.807) is 0 Å². The Balaban J connectivity index is 2.04. The van der Waals surface area contributed by atoms with E-state index in [9.17, 15) is 0 Å². The van der Waals surface area contributed by atoms with E-state index in [1.165, 1.54) is 30.4 Å². The van der Waals surface area contributed by atoms with Crippen molar-refractivity contribution >= 4 is 12.6 Å². The highest BCUT2D eigenvalue weighted by Gasteiger charge is 2.36. The maximum atomic E-state index is 6.02. The molecule has 0 atom stereocenters. The molecule has 1 aromatic carbocycles. The number of thiol groups is 1. The van der Waals surface area contributed by atoms with Crippen molar-refractivity contribution in [2.75, 3.05) is 12.4 Å². The maximum absolute atomic E-state index is 6.02. The summed E-state index contributed by atoms with van der Waals surface area (Å²) in [5.74, 6) is 2.01. The summed E-state index contributed by atoms with van der Waals surface area (Å²) in [5.41, 5.74) is 2.81. The topological polar surface area (TPSA) is 9.23 Å². The summed E-state index contributed by atoms with van der Waals surface area (Å²) in [7, 11) is 0. The lowest BCUT2D eigenvalue weighted by atomic mass is 9.71. The maximum Gasteiger partial charge on any atom is 0.125 e. The van der Waals surface area contributed by atoms with Crippen LogP contribution in [0.1, 0.15) is 30.4 Å². The van der Waals surface area contributed by atoms with Gasteiger partial charge in [-0.15, -0.1) is 0 Å². The fourth-order valence-corrected chi connectivity index (χ4v) is 2.68. The Kier molecular flexibility index (Phi) is 3.48. The summed E-state index contributed by atoms with van der Waals surface area (Å²) in [4.78, 5) is 0. The molecule has 0 radical (unpaired) electrons. The Morgan fingerprint density at radius 1 is 1.25 bits per heavy atom. The third kappa shape index (κ3) is 2.22. The summed E-state index contributed by atoms with van der Waals surface area (Å²) in [6.45, 7) is 5.04. The zero-order valence-corrected chi connectivity index (χ0v) is 11.0. The SMILES string of the molecule is Cc1cccc(C)c1OCC1(CS)CCC1. The van der Waals surface area contributed by atoms with Gasteiger partial charge in [0.05, 0.1) is 6.61 Å². The molecule has 2 heteroatoms. The van der Waals surface area contributed by atoms with Crippen LogP contribution >= 0.6 is 12.6 Å². The van der Waals surface area contributed by atoms with E-state index in [0.717, 1.165) is 18.1 Å². The van der Waals surface area contributed by atoms with E-state index in [-0.39, 0.29) is 0 Å². The third-order valence-corrected chi connectivity index (χ3v) is 4.35. The molecule has 1 aliphatic rings. The van der Waals surface area contributed by atoms with E-state index in [1.807, 2.05) is 0 Å². The van der Waals surface area contributed by atoms with Crippen molar-refractivity contribution in [1.29, 1.82) is 0 Å². The minimum atomic E-state index is 0.345. The smallest absolute Gasteiger partial charge is 0.125 e. The van der Waals surface area contributed by atoms with Gasteiger partial charge in [-0.3, -0.25) is 0 Å². The third-order valence-electron chi connectivity index (χ3n) is 3.68. The Hall–Kier alpha value is -0.630. The standard InChI is InChI=1S/C14H20OS/c1-11-5-3-6-12(2)13(11)15-9-14(10-16)7-4-8-14/h3,5-6,16H,4,7-10H2,1-2H3. The monoisotopic (exact) mass is 236 g/mol. The molecule has 0 amide bonds. The predicted molar refractivity (Wildman–Crippen MR) is 71.5 cm³/mol. The molecular formula is C14H20OS. The van der Waals surface area contributed by atoms with Crippen molar-refractivity contribution in [3.63, 3.8) is 0 Å². The number of hydrogen-bond acceptors (Lipinski definition) is 2. The van der Waals surface area contributed by atoms with Crippen LogP contribution in [0.2, 0.25) is 0 Å². The average Bonchev–Trinajstić information content (AvgIpc) is 2.20. The fraction of sp³-hybridized carbons (Fsp3) is 0.571. The van der Waals surface area contributed by atoms with E-state index in [4.69, 9.17) is 4.74 Å². The minimum absolute atomic E-state index is 0.345. The Morgan fingerprint density at radius 3 is 2.31 bits per heavy atom. The molecule has 2 rings (SSSR count). The van der Waals surface area contributed by atoms with Crippen molar-refractivity contribution in [1.82, 2.24) is 0 Å². The first-order valence-corrected chi connectivity index (χ1v) is 6.60. The molecule has 0 unspecified atom stereocenters. The van der Waals surface area contributed by atoms with Gasteiger partial charge in [0, 0.05) is 5.41 Å². The summed E-state index contributed by atoms with van der Waals surface area (Å²) in [6, 6.07) is 6.29. The van der Waals surface area contributed by atoms with Crippen LogP contribution in [0, 0.1) is 19.3 Å². The first-order valence-electron chi connectivity index (χ1n) is 5.97. The van der Waals surface area contributed by atoms with Crippen LogP contribution in [0.3, 0.4) is 0 Å². The lowest BCUT2D eigenvalue weighted by molar-refractivity contribution is 0.0821. The highest BCUT2D eigenvalue weighted by Crippen LogP contribution is 2.42. The van der Waals surface area contributed by atoms with Crippen LogP contribution in [-0.4, -0.2) is 12.4 Å². The molecule has 1 aromatic rings. The van der Waals surface area contributed by atoms with Crippen LogP contribution in [-0.2, 0) is 0 Å². The van der Waals surface area contributed by atoms with Gasteiger partial charge in [-0.1, -0.05) is 24.6 Å². The van der Waals surface area contributed by atoms with Gasteiger partial charge in [0.2, 0.25) is 0 Å². The van der Waals surface area contributed by atoms with Gasteiger partial charge >= 0.3 is 0 Å². The van der Waals surface area contributed by atoms with Crippen LogP contribution in [0.5, 0.6) is 5.75 Å². The summed E-state index contributed by atoms with van der Waals surface area (Å²) < 4.78 is 6.02. The zero-order valence-electron chi connectivity index (χ0n) is 10.1. The summed E-state index contributed by atoms with van der Waals surface area (Å²) in [5, 5.41) is 0. The van der Waals surface area contributed by atoms with Gasteiger partial charge < -0.3 is 4.74 Å². The van der Waals surface area contributed by atoms with Crippen molar-refractivity contribution in [3.8, 4) is 5.75 Å². The molecule has 0 aliphatic heterocycles. The van der Waals surface area contributed by atoms with Crippen molar-refractivity contribution in [2.24, 2.45) is 5.41 Å². The lowest BCUT2D eigenvalue weighted by Crippen LogP contribution is -2.37. The molecule has 1 fully saturated rings. The number of ether oxygens (including phenoxy) is 1. The molecule has 1 aliphatic carbocycles. The van der Waals surface area contributed by atoms with Crippen LogP contribution in [0.15, 0.2) is 18.2 Å². The second-order valence-corrected chi connectivity index (χ2v) is 5.34. The Morgan fingerprint density at radius 2 is 1.88 bits per heavy atom. The molecule has 1 saturated carbocycles. The van der Waals surface area contributed by atoms with E-state index < -0.39 is 0 Å². The van der Waals surface area contributed by atoms with Gasteiger partial charge in [0.25, 0.3) is 0 Å². The first kappa shape index (κ1) is 11.8. The molecule has 88 valence electrons. The summed E-state index contributed by atoms with van der Waals surface area (Å²) >= 11 is 4.45.